The highest BCUT2D eigenvalue weighted by Gasteiger charge is 2.17. The first-order valence-corrected chi connectivity index (χ1v) is 8.52. The zero-order valence-corrected chi connectivity index (χ0v) is 14.2. The van der Waals surface area contributed by atoms with Gasteiger partial charge in [0, 0.05) is 12.6 Å². The van der Waals surface area contributed by atoms with Crippen molar-refractivity contribution in [2.75, 3.05) is 19.8 Å². The van der Waals surface area contributed by atoms with Gasteiger partial charge in [0.2, 0.25) is 0 Å². The molecule has 5 heteroatoms. The van der Waals surface area contributed by atoms with Gasteiger partial charge in [-0.15, -0.1) is 0 Å². The van der Waals surface area contributed by atoms with Crippen LogP contribution in [0.25, 0.3) is 0 Å². The third-order valence-corrected chi connectivity index (χ3v) is 4.36. The minimum atomic E-state index is -0.626. The van der Waals surface area contributed by atoms with E-state index < -0.39 is 6.10 Å². The standard InChI is InChI=1S/C20H22N2O3/c1-2-17(16-7-8-19-20(11-16)25-10-9-24-19)22-13-18(23)15-5-3-14(12-21)4-6-15/h3-8,11,17-18,22-23H,2,9-10,13H2,1H3/t17-,18-/m1/s1. The number of nitrogens with zero attached hydrogens (tertiary/aromatic N) is 1. The Bertz CT molecular complexity index is 753. The van der Waals surface area contributed by atoms with Crippen LogP contribution in [0.1, 0.15) is 42.2 Å². The molecule has 25 heavy (non-hydrogen) atoms. The number of hydrogen-bond acceptors (Lipinski definition) is 5. The number of rotatable bonds is 6. The number of aliphatic hydroxyl groups excluding tert-OH is 1. The van der Waals surface area contributed by atoms with Gasteiger partial charge in [-0.1, -0.05) is 25.1 Å². The Morgan fingerprint density at radius 1 is 1.08 bits per heavy atom. The van der Waals surface area contributed by atoms with Gasteiger partial charge >= 0.3 is 0 Å². The van der Waals surface area contributed by atoms with E-state index in [1.165, 1.54) is 0 Å². The molecule has 1 aliphatic heterocycles. The fraction of sp³-hybridized carbons (Fsp3) is 0.350. The monoisotopic (exact) mass is 338 g/mol. The Hall–Kier alpha value is -2.55. The number of hydrogen-bond donors (Lipinski definition) is 2. The van der Waals surface area contributed by atoms with Crippen LogP contribution in [0.15, 0.2) is 42.5 Å². The maximum Gasteiger partial charge on any atom is 0.161 e. The number of ether oxygens (including phenoxy) is 2. The van der Waals surface area contributed by atoms with Gasteiger partial charge in [0.25, 0.3) is 0 Å². The van der Waals surface area contributed by atoms with Crippen LogP contribution in [-0.2, 0) is 0 Å². The molecule has 130 valence electrons. The fourth-order valence-electron chi connectivity index (χ4n) is 2.93. The Balaban J connectivity index is 1.64. The van der Waals surface area contributed by atoms with E-state index in [0.717, 1.165) is 29.0 Å². The largest absolute Gasteiger partial charge is 0.486 e. The van der Waals surface area contributed by atoms with Crippen molar-refractivity contribution in [3.05, 3.63) is 59.2 Å². The first kappa shape index (κ1) is 17.3. The number of nitriles is 1. The molecule has 3 rings (SSSR count). The van der Waals surface area contributed by atoms with Crippen molar-refractivity contribution in [3.63, 3.8) is 0 Å². The molecule has 1 aliphatic rings. The first-order chi connectivity index (χ1) is 12.2. The molecule has 1 heterocycles. The van der Waals surface area contributed by atoms with E-state index in [1.807, 2.05) is 18.2 Å². The third kappa shape index (κ3) is 4.11. The average Bonchev–Trinajstić information content (AvgIpc) is 2.68. The SMILES string of the molecule is CC[C@@H](NC[C@@H](O)c1ccc(C#N)cc1)c1ccc2c(c1)OCCO2. The van der Waals surface area contributed by atoms with Crippen molar-refractivity contribution >= 4 is 0 Å². The smallest absolute Gasteiger partial charge is 0.161 e. The molecular formula is C20H22N2O3. The molecular weight excluding hydrogens is 316 g/mol. The van der Waals surface area contributed by atoms with Gasteiger partial charge in [-0.25, -0.2) is 0 Å². The number of benzene rings is 2. The van der Waals surface area contributed by atoms with Crippen LogP contribution in [0.4, 0.5) is 0 Å². The van der Waals surface area contributed by atoms with Crippen molar-refractivity contribution in [2.24, 2.45) is 0 Å². The summed E-state index contributed by atoms with van der Waals surface area (Å²) in [6.45, 7) is 3.68. The van der Waals surface area contributed by atoms with Gasteiger partial charge in [0.1, 0.15) is 13.2 Å². The molecule has 0 radical (unpaired) electrons. The topological polar surface area (TPSA) is 74.5 Å². The molecule has 0 aliphatic carbocycles. The lowest BCUT2D eigenvalue weighted by Crippen LogP contribution is -2.26. The zero-order chi connectivity index (χ0) is 17.6. The molecule has 0 saturated heterocycles. The number of aliphatic hydroxyl groups is 1. The van der Waals surface area contributed by atoms with Gasteiger partial charge in [0.05, 0.1) is 17.7 Å². The summed E-state index contributed by atoms with van der Waals surface area (Å²) < 4.78 is 11.2. The molecule has 0 fully saturated rings. The highest BCUT2D eigenvalue weighted by Crippen LogP contribution is 2.33. The van der Waals surface area contributed by atoms with E-state index in [1.54, 1.807) is 24.3 Å². The van der Waals surface area contributed by atoms with Gasteiger partial charge in [-0.2, -0.15) is 5.26 Å². The van der Waals surface area contributed by atoms with Crippen molar-refractivity contribution in [1.82, 2.24) is 5.32 Å². The van der Waals surface area contributed by atoms with Crippen LogP contribution >= 0.6 is 0 Å². The summed E-state index contributed by atoms with van der Waals surface area (Å²) in [5.41, 5.74) is 2.49. The maximum atomic E-state index is 10.4. The molecule has 2 atom stereocenters. The average molecular weight is 338 g/mol. The first-order valence-electron chi connectivity index (χ1n) is 8.52. The zero-order valence-electron chi connectivity index (χ0n) is 14.2. The molecule has 0 spiro atoms. The molecule has 0 bridgehead atoms. The summed E-state index contributed by atoms with van der Waals surface area (Å²) in [4.78, 5) is 0. The van der Waals surface area contributed by atoms with Gasteiger partial charge in [0.15, 0.2) is 11.5 Å². The third-order valence-electron chi connectivity index (χ3n) is 4.36. The summed E-state index contributed by atoms with van der Waals surface area (Å²) >= 11 is 0. The predicted molar refractivity (Wildman–Crippen MR) is 94.6 cm³/mol. The molecule has 2 N–H and O–H groups in total. The Morgan fingerprint density at radius 3 is 2.44 bits per heavy atom. The lowest BCUT2D eigenvalue weighted by molar-refractivity contribution is 0.167. The van der Waals surface area contributed by atoms with E-state index in [4.69, 9.17) is 14.7 Å². The van der Waals surface area contributed by atoms with Crippen LogP contribution in [0, 0.1) is 11.3 Å². The van der Waals surface area contributed by atoms with E-state index in [2.05, 4.69) is 18.3 Å². The van der Waals surface area contributed by atoms with Crippen molar-refractivity contribution in [1.29, 1.82) is 5.26 Å². The predicted octanol–water partition coefficient (Wildman–Crippen LogP) is 3.10. The van der Waals surface area contributed by atoms with Gasteiger partial charge in [-0.3, -0.25) is 0 Å². The van der Waals surface area contributed by atoms with Crippen molar-refractivity contribution in [2.45, 2.75) is 25.5 Å². The van der Waals surface area contributed by atoms with Gasteiger partial charge in [-0.05, 0) is 41.8 Å². The number of nitrogens with one attached hydrogen (secondary N) is 1. The van der Waals surface area contributed by atoms with Crippen LogP contribution < -0.4 is 14.8 Å². The molecule has 0 amide bonds. The molecule has 2 aromatic carbocycles. The second-order valence-electron chi connectivity index (χ2n) is 6.02. The Labute approximate surface area is 147 Å². The molecule has 0 aromatic heterocycles. The summed E-state index contributed by atoms with van der Waals surface area (Å²) in [5.74, 6) is 1.55. The molecule has 0 unspecified atom stereocenters. The highest BCUT2D eigenvalue weighted by molar-refractivity contribution is 5.44. The summed E-state index contributed by atoms with van der Waals surface area (Å²) in [5, 5.41) is 22.6. The van der Waals surface area contributed by atoms with E-state index in [0.29, 0.717) is 25.3 Å². The van der Waals surface area contributed by atoms with Gasteiger partial charge < -0.3 is 19.9 Å². The van der Waals surface area contributed by atoms with E-state index in [9.17, 15) is 5.11 Å². The van der Waals surface area contributed by atoms with Crippen molar-refractivity contribution < 1.29 is 14.6 Å². The second-order valence-corrected chi connectivity index (χ2v) is 6.02. The fourth-order valence-corrected chi connectivity index (χ4v) is 2.93. The second kappa shape index (κ2) is 8.02. The summed E-state index contributed by atoms with van der Waals surface area (Å²) in [7, 11) is 0. The molecule has 2 aromatic rings. The van der Waals surface area contributed by atoms with Crippen LogP contribution in [-0.4, -0.2) is 24.9 Å². The Morgan fingerprint density at radius 2 is 1.76 bits per heavy atom. The summed E-state index contributed by atoms with van der Waals surface area (Å²) in [6, 6.07) is 15.2. The van der Waals surface area contributed by atoms with Crippen LogP contribution in [0.3, 0.4) is 0 Å². The van der Waals surface area contributed by atoms with E-state index >= 15 is 0 Å². The maximum absolute atomic E-state index is 10.4. The Kier molecular flexibility index (Phi) is 5.54. The highest BCUT2D eigenvalue weighted by atomic mass is 16.6. The minimum Gasteiger partial charge on any atom is -0.486 e. The van der Waals surface area contributed by atoms with Crippen LogP contribution in [0.2, 0.25) is 0 Å². The lowest BCUT2D eigenvalue weighted by atomic mass is 10.0. The lowest BCUT2D eigenvalue weighted by Gasteiger charge is -2.23. The quantitative estimate of drug-likeness (QED) is 0.846. The number of fused-ring (bicyclic) bond motifs is 1. The molecule has 0 saturated carbocycles. The minimum absolute atomic E-state index is 0.115. The van der Waals surface area contributed by atoms with Crippen molar-refractivity contribution in [3.8, 4) is 17.6 Å². The summed E-state index contributed by atoms with van der Waals surface area (Å²) in [6.07, 6.45) is 0.263. The van der Waals surface area contributed by atoms with E-state index in [-0.39, 0.29) is 6.04 Å². The van der Waals surface area contributed by atoms with Crippen LogP contribution in [0.5, 0.6) is 11.5 Å². The molecule has 5 nitrogen and oxygen atoms in total. The normalized spacial score (nSPS) is 15.2.